The first-order valence-corrected chi connectivity index (χ1v) is 10.0. The van der Waals surface area contributed by atoms with Crippen molar-refractivity contribution in [2.24, 2.45) is 0 Å². The fourth-order valence-electron chi connectivity index (χ4n) is 2.75. The van der Waals surface area contributed by atoms with Crippen LogP contribution in [-0.2, 0) is 17.0 Å². The van der Waals surface area contributed by atoms with E-state index >= 15 is 0 Å². The summed E-state index contributed by atoms with van der Waals surface area (Å²) in [5.74, 6) is 0.171. The van der Waals surface area contributed by atoms with Gasteiger partial charge < -0.3 is 4.74 Å². The van der Waals surface area contributed by atoms with Crippen LogP contribution in [0.5, 0.6) is 0 Å². The fourth-order valence-corrected chi connectivity index (χ4v) is 3.77. The van der Waals surface area contributed by atoms with E-state index in [1.807, 2.05) is 38.1 Å². The van der Waals surface area contributed by atoms with Crippen LogP contribution in [0, 0.1) is 5.82 Å². The molecule has 0 radical (unpaired) electrons. The first kappa shape index (κ1) is 19.6. The van der Waals surface area contributed by atoms with Gasteiger partial charge in [0.15, 0.2) is 5.16 Å². The summed E-state index contributed by atoms with van der Waals surface area (Å²) in [7, 11) is 0. The second-order valence-corrected chi connectivity index (χ2v) is 7.46. The molecule has 1 heterocycles. The van der Waals surface area contributed by atoms with Crippen molar-refractivity contribution in [1.82, 2.24) is 9.55 Å². The van der Waals surface area contributed by atoms with Gasteiger partial charge in [-0.1, -0.05) is 42.1 Å². The molecule has 0 aliphatic rings. The molecule has 0 bridgehead atoms. The summed E-state index contributed by atoms with van der Waals surface area (Å²) in [5.41, 5.74) is 1.19. The zero-order valence-electron chi connectivity index (χ0n) is 15.5. The van der Waals surface area contributed by atoms with Gasteiger partial charge in [-0.25, -0.2) is 9.37 Å². The van der Waals surface area contributed by atoms with Gasteiger partial charge in [0.25, 0.3) is 5.56 Å². The van der Waals surface area contributed by atoms with Gasteiger partial charge in [0.05, 0.1) is 17.0 Å². The molecule has 142 valence electrons. The SMILES string of the molecule is CC(C)OCCCn1c(SCc2ccccc2F)nc2ccccc2c1=O. The summed E-state index contributed by atoms with van der Waals surface area (Å²) in [6.45, 7) is 5.07. The van der Waals surface area contributed by atoms with Gasteiger partial charge in [0.2, 0.25) is 0 Å². The minimum Gasteiger partial charge on any atom is -0.379 e. The van der Waals surface area contributed by atoms with Crippen molar-refractivity contribution in [2.75, 3.05) is 6.61 Å². The van der Waals surface area contributed by atoms with E-state index < -0.39 is 0 Å². The minimum absolute atomic E-state index is 0.0684. The highest BCUT2D eigenvalue weighted by molar-refractivity contribution is 7.98. The van der Waals surface area contributed by atoms with Crippen molar-refractivity contribution in [1.29, 1.82) is 0 Å². The number of hydrogen-bond donors (Lipinski definition) is 0. The molecule has 2 aromatic carbocycles. The van der Waals surface area contributed by atoms with Gasteiger partial charge in [-0.15, -0.1) is 0 Å². The van der Waals surface area contributed by atoms with Crippen LogP contribution in [-0.4, -0.2) is 22.3 Å². The molecular formula is C21H23FN2O2S. The van der Waals surface area contributed by atoms with E-state index in [2.05, 4.69) is 4.98 Å². The molecule has 0 fully saturated rings. The average molecular weight is 386 g/mol. The van der Waals surface area contributed by atoms with Crippen molar-refractivity contribution in [3.8, 4) is 0 Å². The number of ether oxygens (including phenoxy) is 1. The average Bonchev–Trinajstić information content (AvgIpc) is 2.66. The molecule has 0 atom stereocenters. The third kappa shape index (κ3) is 4.96. The number of halogens is 1. The smallest absolute Gasteiger partial charge is 0.262 e. The van der Waals surface area contributed by atoms with E-state index in [0.29, 0.717) is 46.9 Å². The minimum atomic E-state index is -0.245. The van der Waals surface area contributed by atoms with Crippen LogP contribution in [0.4, 0.5) is 4.39 Å². The topological polar surface area (TPSA) is 44.1 Å². The number of nitrogens with zero attached hydrogens (tertiary/aromatic N) is 2. The highest BCUT2D eigenvalue weighted by atomic mass is 32.2. The fraction of sp³-hybridized carbons (Fsp3) is 0.333. The third-order valence-corrected chi connectivity index (χ3v) is 5.14. The molecule has 0 aliphatic heterocycles. The monoisotopic (exact) mass is 386 g/mol. The van der Waals surface area contributed by atoms with Gasteiger partial charge in [0.1, 0.15) is 5.82 Å². The molecule has 0 unspecified atom stereocenters. The Morgan fingerprint density at radius 1 is 1.15 bits per heavy atom. The summed E-state index contributed by atoms with van der Waals surface area (Å²) >= 11 is 1.38. The quantitative estimate of drug-likeness (QED) is 0.321. The van der Waals surface area contributed by atoms with E-state index in [1.54, 1.807) is 22.8 Å². The number of thioether (sulfide) groups is 1. The number of benzene rings is 2. The molecule has 0 aliphatic carbocycles. The van der Waals surface area contributed by atoms with Crippen LogP contribution in [0.15, 0.2) is 58.5 Å². The Morgan fingerprint density at radius 2 is 1.89 bits per heavy atom. The molecule has 6 heteroatoms. The molecule has 0 saturated carbocycles. The standard InChI is InChI=1S/C21H23FN2O2S/c1-15(2)26-13-7-12-24-20(25)17-9-4-6-11-19(17)23-21(24)27-14-16-8-3-5-10-18(16)22/h3-6,8-11,15H,7,12-14H2,1-2H3. The normalized spacial score (nSPS) is 11.4. The van der Waals surface area contributed by atoms with E-state index in [4.69, 9.17) is 4.74 Å². The lowest BCUT2D eigenvalue weighted by Gasteiger charge is -2.14. The molecule has 4 nitrogen and oxygen atoms in total. The molecule has 0 amide bonds. The predicted molar refractivity (Wildman–Crippen MR) is 108 cm³/mol. The Bertz CT molecular complexity index is 972. The lowest BCUT2D eigenvalue weighted by molar-refractivity contribution is 0.0743. The van der Waals surface area contributed by atoms with Crippen molar-refractivity contribution in [3.63, 3.8) is 0 Å². The molecule has 3 rings (SSSR count). The number of aromatic nitrogens is 2. The zero-order valence-corrected chi connectivity index (χ0v) is 16.3. The summed E-state index contributed by atoms with van der Waals surface area (Å²) in [4.78, 5) is 17.6. The maximum absolute atomic E-state index is 13.9. The predicted octanol–water partition coefficient (Wildman–Crippen LogP) is 4.64. The Balaban J connectivity index is 1.87. The molecule has 3 aromatic rings. The summed E-state index contributed by atoms with van der Waals surface area (Å²) in [5, 5.41) is 1.20. The zero-order chi connectivity index (χ0) is 19.2. The summed E-state index contributed by atoms with van der Waals surface area (Å²) < 4.78 is 21.2. The van der Waals surface area contributed by atoms with Crippen molar-refractivity contribution >= 4 is 22.7 Å². The van der Waals surface area contributed by atoms with E-state index in [0.717, 1.165) is 0 Å². The maximum Gasteiger partial charge on any atom is 0.262 e. The maximum atomic E-state index is 13.9. The highest BCUT2D eigenvalue weighted by Gasteiger charge is 2.12. The van der Waals surface area contributed by atoms with Crippen molar-refractivity contribution in [2.45, 2.75) is 43.8 Å². The number of rotatable bonds is 8. The second kappa shape index (κ2) is 9.15. The Morgan fingerprint density at radius 3 is 2.67 bits per heavy atom. The van der Waals surface area contributed by atoms with Crippen molar-refractivity contribution < 1.29 is 9.13 Å². The van der Waals surface area contributed by atoms with Crippen molar-refractivity contribution in [3.05, 3.63) is 70.3 Å². The lowest BCUT2D eigenvalue weighted by atomic mass is 10.2. The van der Waals surface area contributed by atoms with Gasteiger partial charge >= 0.3 is 0 Å². The molecular weight excluding hydrogens is 363 g/mol. The largest absolute Gasteiger partial charge is 0.379 e. The van der Waals surface area contributed by atoms with Gasteiger partial charge in [-0.3, -0.25) is 9.36 Å². The Labute approximate surface area is 162 Å². The first-order chi connectivity index (χ1) is 13.1. The second-order valence-electron chi connectivity index (χ2n) is 6.52. The molecule has 0 saturated heterocycles. The van der Waals surface area contributed by atoms with Gasteiger partial charge in [-0.2, -0.15) is 0 Å². The first-order valence-electron chi connectivity index (χ1n) is 9.03. The van der Waals surface area contributed by atoms with Crippen LogP contribution in [0.2, 0.25) is 0 Å². The van der Waals surface area contributed by atoms with Crippen LogP contribution in [0.25, 0.3) is 10.9 Å². The summed E-state index contributed by atoms with van der Waals surface area (Å²) in [6.07, 6.45) is 0.872. The number of para-hydroxylation sites is 1. The number of fused-ring (bicyclic) bond motifs is 1. The Hall–Kier alpha value is -2.18. The molecule has 0 spiro atoms. The van der Waals surface area contributed by atoms with E-state index in [-0.39, 0.29) is 17.5 Å². The van der Waals surface area contributed by atoms with Crippen LogP contribution in [0.3, 0.4) is 0 Å². The molecule has 1 aromatic heterocycles. The summed E-state index contributed by atoms with van der Waals surface area (Å²) in [6, 6.07) is 14.0. The van der Waals surface area contributed by atoms with Gasteiger partial charge in [-0.05, 0) is 44.0 Å². The van der Waals surface area contributed by atoms with E-state index in [9.17, 15) is 9.18 Å². The van der Waals surface area contributed by atoms with Crippen LogP contribution < -0.4 is 5.56 Å². The number of hydrogen-bond acceptors (Lipinski definition) is 4. The highest BCUT2D eigenvalue weighted by Crippen LogP contribution is 2.23. The van der Waals surface area contributed by atoms with Crippen LogP contribution >= 0.6 is 11.8 Å². The van der Waals surface area contributed by atoms with Crippen LogP contribution in [0.1, 0.15) is 25.8 Å². The molecule has 27 heavy (non-hydrogen) atoms. The Kier molecular flexibility index (Phi) is 6.63. The lowest BCUT2D eigenvalue weighted by Crippen LogP contribution is -2.24. The third-order valence-electron chi connectivity index (χ3n) is 4.12. The van der Waals surface area contributed by atoms with Gasteiger partial charge in [0, 0.05) is 18.9 Å². The van der Waals surface area contributed by atoms with E-state index in [1.165, 1.54) is 17.8 Å². The molecule has 0 N–H and O–H groups in total.